The van der Waals surface area contributed by atoms with E-state index in [1.807, 2.05) is 27.7 Å². The second-order valence-electron chi connectivity index (χ2n) is 5.63. The molecular weight excluding hydrogens is 292 g/mol. The molecular formula is C15H21ClN2O3. The van der Waals surface area contributed by atoms with Gasteiger partial charge in [-0.1, -0.05) is 11.6 Å². The van der Waals surface area contributed by atoms with Crippen molar-refractivity contribution in [3.63, 3.8) is 0 Å². The van der Waals surface area contributed by atoms with Crippen LogP contribution in [0, 0.1) is 0 Å². The van der Waals surface area contributed by atoms with Gasteiger partial charge in [0.05, 0.1) is 30.4 Å². The lowest BCUT2D eigenvalue weighted by Crippen LogP contribution is -2.50. The number of halogens is 1. The van der Waals surface area contributed by atoms with Crippen LogP contribution in [-0.2, 0) is 4.74 Å². The SMILES string of the molecule is CC(C)Oc1ncc(C(=O)N2C[C@H](C)OC[C@H]2C)cc1Cl. The van der Waals surface area contributed by atoms with E-state index in [0.29, 0.717) is 29.6 Å². The maximum Gasteiger partial charge on any atom is 0.255 e. The van der Waals surface area contributed by atoms with E-state index in [9.17, 15) is 4.79 Å². The van der Waals surface area contributed by atoms with Crippen molar-refractivity contribution in [2.75, 3.05) is 13.2 Å². The highest BCUT2D eigenvalue weighted by molar-refractivity contribution is 6.32. The highest BCUT2D eigenvalue weighted by Gasteiger charge is 2.28. The van der Waals surface area contributed by atoms with E-state index in [4.69, 9.17) is 21.1 Å². The maximum absolute atomic E-state index is 12.6. The zero-order chi connectivity index (χ0) is 15.6. The largest absolute Gasteiger partial charge is 0.474 e. The first-order chi connectivity index (χ1) is 9.88. The van der Waals surface area contributed by atoms with Crippen molar-refractivity contribution in [3.05, 3.63) is 22.8 Å². The number of nitrogens with zero attached hydrogens (tertiary/aromatic N) is 2. The van der Waals surface area contributed by atoms with Gasteiger partial charge in [0, 0.05) is 12.7 Å². The summed E-state index contributed by atoms with van der Waals surface area (Å²) < 4.78 is 11.0. The van der Waals surface area contributed by atoms with Gasteiger partial charge in [-0.25, -0.2) is 4.98 Å². The van der Waals surface area contributed by atoms with Crippen molar-refractivity contribution in [2.24, 2.45) is 0 Å². The van der Waals surface area contributed by atoms with E-state index in [1.165, 1.54) is 6.20 Å². The van der Waals surface area contributed by atoms with Gasteiger partial charge in [0.2, 0.25) is 5.88 Å². The molecule has 1 saturated heterocycles. The van der Waals surface area contributed by atoms with Crippen LogP contribution >= 0.6 is 11.6 Å². The van der Waals surface area contributed by atoms with Gasteiger partial charge in [-0.15, -0.1) is 0 Å². The summed E-state index contributed by atoms with van der Waals surface area (Å²) in [6, 6.07) is 1.65. The fourth-order valence-corrected chi connectivity index (χ4v) is 2.42. The molecule has 2 atom stereocenters. The molecule has 5 nitrogen and oxygen atoms in total. The molecule has 0 aromatic carbocycles. The summed E-state index contributed by atoms with van der Waals surface area (Å²) in [6.45, 7) is 8.83. The first kappa shape index (κ1) is 16.0. The Bertz CT molecular complexity index is 522. The van der Waals surface area contributed by atoms with Gasteiger partial charge in [0.15, 0.2) is 0 Å². The molecule has 1 fully saturated rings. The van der Waals surface area contributed by atoms with Gasteiger partial charge in [-0.05, 0) is 33.8 Å². The number of ether oxygens (including phenoxy) is 2. The number of carbonyl (C=O) groups is 1. The predicted molar refractivity (Wildman–Crippen MR) is 80.9 cm³/mol. The van der Waals surface area contributed by atoms with Crippen molar-refractivity contribution in [2.45, 2.75) is 45.9 Å². The van der Waals surface area contributed by atoms with Gasteiger partial charge in [0.25, 0.3) is 5.91 Å². The molecule has 1 amide bonds. The Morgan fingerprint density at radius 3 is 2.86 bits per heavy atom. The molecule has 0 aliphatic carbocycles. The Morgan fingerprint density at radius 1 is 1.52 bits per heavy atom. The van der Waals surface area contributed by atoms with E-state index in [-0.39, 0.29) is 24.2 Å². The zero-order valence-corrected chi connectivity index (χ0v) is 13.6. The first-order valence-corrected chi connectivity index (χ1v) is 7.51. The number of pyridine rings is 1. The van der Waals surface area contributed by atoms with Crippen LogP contribution in [0.4, 0.5) is 0 Å². The molecule has 116 valence electrons. The topological polar surface area (TPSA) is 51.7 Å². The summed E-state index contributed by atoms with van der Waals surface area (Å²) in [4.78, 5) is 18.5. The Kier molecular flexibility index (Phi) is 5.06. The van der Waals surface area contributed by atoms with E-state index in [0.717, 1.165) is 0 Å². The Labute approximate surface area is 130 Å². The zero-order valence-electron chi connectivity index (χ0n) is 12.8. The average Bonchev–Trinajstić information content (AvgIpc) is 2.42. The minimum atomic E-state index is -0.0804. The van der Waals surface area contributed by atoms with E-state index >= 15 is 0 Å². The van der Waals surface area contributed by atoms with Crippen LogP contribution in [0.15, 0.2) is 12.3 Å². The summed E-state index contributed by atoms with van der Waals surface area (Å²) in [6.07, 6.45) is 1.53. The van der Waals surface area contributed by atoms with Gasteiger partial charge in [0.1, 0.15) is 5.02 Å². The molecule has 1 aliphatic rings. The number of aromatic nitrogens is 1. The third-order valence-corrected chi connectivity index (χ3v) is 3.54. The lowest BCUT2D eigenvalue weighted by molar-refractivity contribution is -0.0387. The second kappa shape index (κ2) is 6.62. The lowest BCUT2D eigenvalue weighted by Gasteiger charge is -2.36. The predicted octanol–water partition coefficient (Wildman–Crippen LogP) is 2.77. The average molecular weight is 313 g/mol. The number of hydrogen-bond donors (Lipinski definition) is 0. The second-order valence-corrected chi connectivity index (χ2v) is 6.04. The Morgan fingerprint density at radius 2 is 2.24 bits per heavy atom. The van der Waals surface area contributed by atoms with E-state index < -0.39 is 0 Å². The molecule has 0 spiro atoms. The van der Waals surface area contributed by atoms with Crippen LogP contribution in [0.3, 0.4) is 0 Å². The lowest BCUT2D eigenvalue weighted by atomic mass is 10.1. The molecule has 0 N–H and O–H groups in total. The number of hydrogen-bond acceptors (Lipinski definition) is 4. The van der Waals surface area contributed by atoms with Crippen LogP contribution in [0.25, 0.3) is 0 Å². The van der Waals surface area contributed by atoms with E-state index in [2.05, 4.69) is 4.98 Å². The standard InChI is InChI=1S/C15H21ClN2O3/c1-9(2)21-14-13(16)5-12(6-17-14)15(19)18-7-11(4)20-8-10(18)3/h5-6,9-11H,7-8H2,1-4H3/t10-,11+/m1/s1. The molecule has 0 saturated carbocycles. The van der Waals surface area contributed by atoms with Crippen molar-refractivity contribution in [3.8, 4) is 5.88 Å². The Hall–Kier alpha value is -1.33. The van der Waals surface area contributed by atoms with Crippen molar-refractivity contribution >= 4 is 17.5 Å². The summed E-state index contributed by atoms with van der Waals surface area (Å²) >= 11 is 6.14. The minimum absolute atomic E-state index is 0.0170. The van der Waals surface area contributed by atoms with Gasteiger partial charge in [-0.2, -0.15) is 0 Å². The summed E-state index contributed by atoms with van der Waals surface area (Å²) in [5.74, 6) is 0.273. The first-order valence-electron chi connectivity index (χ1n) is 7.13. The van der Waals surface area contributed by atoms with Crippen LogP contribution < -0.4 is 4.74 Å². The molecule has 0 bridgehead atoms. The highest BCUT2D eigenvalue weighted by atomic mass is 35.5. The molecule has 0 radical (unpaired) electrons. The van der Waals surface area contributed by atoms with Gasteiger partial charge < -0.3 is 14.4 Å². The third kappa shape index (κ3) is 3.86. The third-order valence-electron chi connectivity index (χ3n) is 3.27. The van der Waals surface area contributed by atoms with Crippen LogP contribution in [0.5, 0.6) is 5.88 Å². The smallest absolute Gasteiger partial charge is 0.255 e. The van der Waals surface area contributed by atoms with Crippen molar-refractivity contribution in [1.82, 2.24) is 9.88 Å². The molecule has 6 heteroatoms. The van der Waals surface area contributed by atoms with Gasteiger partial charge in [-0.3, -0.25) is 4.79 Å². The molecule has 2 heterocycles. The van der Waals surface area contributed by atoms with Crippen LogP contribution in [0.2, 0.25) is 5.02 Å². The van der Waals surface area contributed by atoms with Crippen LogP contribution in [0.1, 0.15) is 38.1 Å². The summed E-state index contributed by atoms with van der Waals surface area (Å²) in [5.41, 5.74) is 0.469. The highest BCUT2D eigenvalue weighted by Crippen LogP contribution is 2.25. The molecule has 0 unspecified atom stereocenters. The normalized spacial score (nSPS) is 22.5. The molecule has 21 heavy (non-hydrogen) atoms. The number of carbonyl (C=O) groups excluding carboxylic acids is 1. The molecule has 1 aromatic rings. The molecule has 1 aliphatic heterocycles. The fraction of sp³-hybridized carbons (Fsp3) is 0.600. The Balaban J connectivity index is 2.17. The molecule has 1 aromatic heterocycles. The summed E-state index contributed by atoms with van der Waals surface area (Å²) in [7, 11) is 0. The fourth-order valence-electron chi connectivity index (χ4n) is 2.20. The van der Waals surface area contributed by atoms with Crippen molar-refractivity contribution < 1.29 is 14.3 Å². The summed E-state index contributed by atoms with van der Waals surface area (Å²) in [5, 5.41) is 0.350. The molecule has 2 rings (SSSR count). The van der Waals surface area contributed by atoms with Crippen LogP contribution in [-0.4, -0.2) is 47.2 Å². The number of morpholine rings is 1. The maximum atomic E-state index is 12.6. The van der Waals surface area contributed by atoms with Crippen molar-refractivity contribution in [1.29, 1.82) is 0 Å². The number of rotatable bonds is 3. The van der Waals surface area contributed by atoms with Gasteiger partial charge >= 0.3 is 0 Å². The minimum Gasteiger partial charge on any atom is -0.474 e. The quantitative estimate of drug-likeness (QED) is 0.861. The monoisotopic (exact) mass is 312 g/mol. The number of amides is 1. The van der Waals surface area contributed by atoms with E-state index in [1.54, 1.807) is 11.0 Å².